The second kappa shape index (κ2) is 8.03. The normalized spacial score (nSPS) is 11.2. The van der Waals surface area contributed by atoms with Crippen molar-refractivity contribution >= 4 is 22.6 Å². The Labute approximate surface area is 183 Å². The molecule has 5 rings (SSSR count). The van der Waals surface area contributed by atoms with E-state index in [0.717, 1.165) is 16.9 Å². The van der Waals surface area contributed by atoms with Crippen LogP contribution in [-0.4, -0.2) is 40.9 Å². The lowest BCUT2D eigenvalue weighted by atomic mass is 10.1. The zero-order valence-corrected chi connectivity index (χ0v) is 17.5. The van der Waals surface area contributed by atoms with Gasteiger partial charge in [-0.15, -0.1) is 5.10 Å². The highest BCUT2D eigenvalue weighted by Crippen LogP contribution is 2.27. The number of amides is 1. The Morgan fingerprint density at radius 3 is 2.50 bits per heavy atom. The topological polar surface area (TPSA) is 103 Å². The van der Waals surface area contributed by atoms with Crippen molar-refractivity contribution in [3.8, 4) is 16.9 Å². The molecule has 2 aromatic carbocycles. The lowest BCUT2D eigenvalue weighted by molar-refractivity contribution is 0.102. The SMILES string of the molecule is CC(C)n1ncc2c(C(=O)Nc3ccc(-n4cnnn4)cc3)cc(-c3ccccc3)nc21. The summed E-state index contributed by atoms with van der Waals surface area (Å²) in [6.07, 6.45) is 3.21. The van der Waals surface area contributed by atoms with Crippen LogP contribution in [-0.2, 0) is 0 Å². The van der Waals surface area contributed by atoms with Gasteiger partial charge in [-0.1, -0.05) is 30.3 Å². The first kappa shape index (κ1) is 19.6. The first-order valence-corrected chi connectivity index (χ1v) is 10.2. The maximum atomic E-state index is 13.3. The highest BCUT2D eigenvalue weighted by atomic mass is 16.1. The summed E-state index contributed by atoms with van der Waals surface area (Å²) >= 11 is 0. The molecule has 32 heavy (non-hydrogen) atoms. The molecule has 9 nitrogen and oxygen atoms in total. The number of hydrogen-bond donors (Lipinski definition) is 1. The van der Waals surface area contributed by atoms with Gasteiger partial charge in [-0.25, -0.2) is 14.3 Å². The fourth-order valence-corrected chi connectivity index (χ4v) is 3.52. The summed E-state index contributed by atoms with van der Waals surface area (Å²) in [6, 6.07) is 19.0. The standard InChI is InChI=1S/C23H20N8O/c1-15(2)31-22-20(13-25-31)19(12-21(27-22)16-6-4-3-5-7-16)23(32)26-17-8-10-18(11-9-17)30-14-24-28-29-30/h3-15H,1-2H3,(H,26,32). The number of anilines is 1. The molecule has 158 valence electrons. The zero-order chi connectivity index (χ0) is 22.1. The van der Waals surface area contributed by atoms with Gasteiger partial charge in [0.05, 0.1) is 28.5 Å². The van der Waals surface area contributed by atoms with Crippen molar-refractivity contribution < 1.29 is 4.79 Å². The van der Waals surface area contributed by atoms with Gasteiger partial charge in [-0.2, -0.15) is 5.10 Å². The molecule has 0 aliphatic carbocycles. The fourth-order valence-electron chi connectivity index (χ4n) is 3.52. The summed E-state index contributed by atoms with van der Waals surface area (Å²) in [6.45, 7) is 4.07. The molecule has 0 saturated carbocycles. The Morgan fingerprint density at radius 2 is 1.81 bits per heavy atom. The van der Waals surface area contributed by atoms with E-state index in [1.54, 1.807) is 10.9 Å². The molecule has 1 amide bonds. The molecule has 0 fully saturated rings. The smallest absolute Gasteiger partial charge is 0.256 e. The van der Waals surface area contributed by atoms with E-state index in [2.05, 4.69) is 25.9 Å². The molecule has 0 atom stereocenters. The van der Waals surface area contributed by atoms with Crippen molar-refractivity contribution in [2.45, 2.75) is 19.9 Å². The summed E-state index contributed by atoms with van der Waals surface area (Å²) in [5, 5.41) is 19.3. The van der Waals surface area contributed by atoms with Crippen LogP contribution in [0.15, 0.2) is 73.2 Å². The van der Waals surface area contributed by atoms with E-state index in [1.807, 2.05) is 79.2 Å². The fraction of sp³-hybridized carbons (Fsp3) is 0.130. The van der Waals surface area contributed by atoms with Crippen LogP contribution < -0.4 is 5.32 Å². The van der Waals surface area contributed by atoms with Crippen LogP contribution in [0.4, 0.5) is 5.69 Å². The molecule has 5 aromatic rings. The van der Waals surface area contributed by atoms with E-state index in [9.17, 15) is 4.79 Å². The molecule has 0 saturated heterocycles. The Balaban J connectivity index is 1.53. The third kappa shape index (κ3) is 3.60. The Morgan fingerprint density at radius 1 is 1.03 bits per heavy atom. The van der Waals surface area contributed by atoms with E-state index in [-0.39, 0.29) is 11.9 Å². The first-order valence-electron chi connectivity index (χ1n) is 10.2. The van der Waals surface area contributed by atoms with Crippen molar-refractivity contribution in [1.29, 1.82) is 0 Å². The number of nitrogens with zero attached hydrogens (tertiary/aromatic N) is 7. The van der Waals surface area contributed by atoms with Crippen LogP contribution in [0.3, 0.4) is 0 Å². The number of aromatic nitrogens is 7. The van der Waals surface area contributed by atoms with Gasteiger partial charge in [-0.3, -0.25) is 4.79 Å². The van der Waals surface area contributed by atoms with Crippen molar-refractivity contribution in [1.82, 2.24) is 35.0 Å². The highest BCUT2D eigenvalue weighted by Gasteiger charge is 2.18. The molecule has 3 heterocycles. The molecular weight excluding hydrogens is 404 g/mol. The van der Waals surface area contributed by atoms with Gasteiger partial charge in [0.2, 0.25) is 0 Å². The minimum absolute atomic E-state index is 0.112. The van der Waals surface area contributed by atoms with Gasteiger partial charge in [0.15, 0.2) is 5.65 Å². The third-order valence-electron chi connectivity index (χ3n) is 5.11. The molecule has 0 spiro atoms. The summed E-state index contributed by atoms with van der Waals surface area (Å²) in [5.74, 6) is -0.229. The molecule has 0 radical (unpaired) electrons. The number of rotatable bonds is 5. The summed E-state index contributed by atoms with van der Waals surface area (Å²) in [5.41, 5.74) is 4.31. The van der Waals surface area contributed by atoms with Crippen LogP contribution in [0, 0.1) is 0 Å². The van der Waals surface area contributed by atoms with E-state index in [4.69, 9.17) is 4.98 Å². The van der Waals surface area contributed by atoms with Crippen molar-refractivity contribution in [2.24, 2.45) is 0 Å². The number of hydrogen-bond acceptors (Lipinski definition) is 6. The molecule has 1 N–H and O–H groups in total. The molecule has 0 unspecified atom stereocenters. The van der Waals surface area contributed by atoms with Crippen molar-refractivity contribution in [2.75, 3.05) is 5.32 Å². The second-order valence-corrected chi connectivity index (χ2v) is 7.60. The van der Waals surface area contributed by atoms with E-state index < -0.39 is 0 Å². The number of nitrogens with one attached hydrogen (secondary N) is 1. The number of carbonyl (C=O) groups is 1. The van der Waals surface area contributed by atoms with Gasteiger partial charge in [0.25, 0.3) is 5.91 Å². The number of pyridine rings is 1. The Hall–Kier alpha value is -4.40. The van der Waals surface area contributed by atoms with Gasteiger partial charge in [-0.05, 0) is 54.6 Å². The minimum Gasteiger partial charge on any atom is -0.322 e. The van der Waals surface area contributed by atoms with Crippen LogP contribution in [0.1, 0.15) is 30.2 Å². The zero-order valence-electron chi connectivity index (χ0n) is 17.5. The number of fused-ring (bicyclic) bond motifs is 1. The van der Waals surface area contributed by atoms with Crippen LogP contribution in [0.25, 0.3) is 28.0 Å². The molecule has 3 aromatic heterocycles. The van der Waals surface area contributed by atoms with Crippen molar-refractivity contribution in [3.63, 3.8) is 0 Å². The highest BCUT2D eigenvalue weighted by molar-refractivity contribution is 6.12. The van der Waals surface area contributed by atoms with E-state index >= 15 is 0 Å². The average Bonchev–Trinajstić information content (AvgIpc) is 3.50. The Bertz CT molecular complexity index is 1370. The second-order valence-electron chi connectivity index (χ2n) is 7.60. The molecular formula is C23H20N8O. The maximum absolute atomic E-state index is 13.3. The average molecular weight is 424 g/mol. The van der Waals surface area contributed by atoms with E-state index in [0.29, 0.717) is 22.3 Å². The molecule has 9 heteroatoms. The van der Waals surface area contributed by atoms with Gasteiger partial charge in [0.1, 0.15) is 6.33 Å². The number of tetrazole rings is 1. The minimum atomic E-state index is -0.229. The lowest BCUT2D eigenvalue weighted by Crippen LogP contribution is -2.13. The van der Waals surface area contributed by atoms with Crippen LogP contribution >= 0.6 is 0 Å². The van der Waals surface area contributed by atoms with E-state index in [1.165, 1.54) is 6.33 Å². The first-order chi connectivity index (χ1) is 15.6. The summed E-state index contributed by atoms with van der Waals surface area (Å²) in [7, 11) is 0. The Kier molecular flexibility index (Phi) is 4.91. The van der Waals surface area contributed by atoms with Crippen molar-refractivity contribution in [3.05, 3.63) is 78.8 Å². The maximum Gasteiger partial charge on any atom is 0.256 e. The predicted octanol–water partition coefficient (Wildman–Crippen LogP) is 3.91. The molecule has 0 aliphatic heterocycles. The number of carbonyl (C=O) groups excluding carboxylic acids is 1. The lowest BCUT2D eigenvalue weighted by Gasteiger charge is -2.11. The largest absolute Gasteiger partial charge is 0.322 e. The quantitative estimate of drug-likeness (QED) is 0.459. The predicted molar refractivity (Wildman–Crippen MR) is 120 cm³/mol. The number of benzene rings is 2. The third-order valence-corrected chi connectivity index (χ3v) is 5.11. The summed E-state index contributed by atoms with van der Waals surface area (Å²) in [4.78, 5) is 18.1. The van der Waals surface area contributed by atoms with Crippen LogP contribution in [0.2, 0.25) is 0 Å². The van der Waals surface area contributed by atoms with Gasteiger partial charge < -0.3 is 5.32 Å². The summed E-state index contributed by atoms with van der Waals surface area (Å²) < 4.78 is 3.38. The van der Waals surface area contributed by atoms with Gasteiger partial charge >= 0.3 is 0 Å². The monoisotopic (exact) mass is 424 g/mol. The van der Waals surface area contributed by atoms with Gasteiger partial charge in [0, 0.05) is 17.3 Å². The molecule has 0 bridgehead atoms. The molecule has 0 aliphatic rings. The van der Waals surface area contributed by atoms with Crippen LogP contribution in [0.5, 0.6) is 0 Å².